The van der Waals surface area contributed by atoms with Crippen LogP contribution in [0.2, 0.25) is 0 Å². The molecule has 2 heteroatoms. The lowest BCUT2D eigenvalue weighted by molar-refractivity contribution is -0.254. The molecule has 0 bridgehead atoms. The van der Waals surface area contributed by atoms with Gasteiger partial charge in [0.15, 0.2) is 0 Å². The number of aliphatic hydroxyl groups is 1. The van der Waals surface area contributed by atoms with E-state index in [9.17, 15) is 9.90 Å². The number of carbonyl (C=O) groups excluding carboxylic acids is 1. The van der Waals surface area contributed by atoms with Gasteiger partial charge >= 0.3 is 0 Å². The van der Waals surface area contributed by atoms with Gasteiger partial charge in [0.2, 0.25) is 0 Å². The summed E-state index contributed by atoms with van der Waals surface area (Å²) in [6.45, 7) is 19.5. The van der Waals surface area contributed by atoms with E-state index in [1.165, 1.54) is 44.9 Å². The Morgan fingerprint density at radius 3 is 2.09 bits per heavy atom. The van der Waals surface area contributed by atoms with Crippen LogP contribution in [0.25, 0.3) is 0 Å². The van der Waals surface area contributed by atoms with E-state index in [2.05, 4.69) is 55.4 Å². The van der Waals surface area contributed by atoms with E-state index in [4.69, 9.17) is 0 Å². The monoisotopic (exact) mass is 442 g/mol. The number of fused-ring (bicyclic) bond motifs is 7. The molecule has 2 nitrogen and oxygen atoms in total. The van der Waals surface area contributed by atoms with Crippen LogP contribution in [0.3, 0.4) is 0 Å². The van der Waals surface area contributed by atoms with Gasteiger partial charge in [-0.3, -0.25) is 4.79 Å². The molecule has 5 rings (SSSR count). The maximum atomic E-state index is 12.9. The molecule has 0 amide bonds. The number of rotatable bonds is 0. The molecule has 0 aromatic carbocycles. The smallest absolute Gasteiger partial charge is 0.138 e. The molecule has 0 spiro atoms. The average Bonchev–Trinajstić information content (AvgIpc) is 2.70. The molecule has 0 aromatic rings. The molecule has 0 heterocycles. The van der Waals surface area contributed by atoms with E-state index < -0.39 is 5.60 Å². The number of ketones is 1. The average molecular weight is 443 g/mol. The number of hydrogen-bond donors (Lipinski definition) is 1. The molecule has 0 saturated heterocycles. The van der Waals surface area contributed by atoms with Crippen LogP contribution >= 0.6 is 0 Å². The van der Waals surface area contributed by atoms with Crippen molar-refractivity contribution >= 4 is 5.78 Å². The van der Waals surface area contributed by atoms with Gasteiger partial charge < -0.3 is 5.11 Å². The zero-order chi connectivity index (χ0) is 23.5. The molecule has 5 fully saturated rings. The zero-order valence-corrected chi connectivity index (χ0v) is 22.3. The van der Waals surface area contributed by atoms with E-state index in [-0.39, 0.29) is 5.41 Å². The molecule has 1 N–H and O–H groups in total. The largest absolute Gasteiger partial charge is 0.390 e. The molecule has 5 aliphatic rings. The van der Waals surface area contributed by atoms with E-state index in [1.807, 2.05) is 0 Å². The Morgan fingerprint density at radius 2 is 1.41 bits per heavy atom. The highest BCUT2D eigenvalue weighted by atomic mass is 16.3. The third kappa shape index (κ3) is 2.66. The van der Waals surface area contributed by atoms with Gasteiger partial charge in [0.1, 0.15) is 5.78 Å². The summed E-state index contributed by atoms with van der Waals surface area (Å²) < 4.78 is 0. The zero-order valence-electron chi connectivity index (χ0n) is 22.3. The van der Waals surface area contributed by atoms with E-state index in [1.54, 1.807) is 0 Å². The summed E-state index contributed by atoms with van der Waals surface area (Å²) in [5.74, 6) is 3.52. The van der Waals surface area contributed by atoms with E-state index in [0.717, 1.165) is 31.1 Å². The van der Waals surface area contributed by atoms with Gasteiger partial charge in [0, 0.05) is 11.8 Å². The van der Waals surface area contributed by atoms with Crippen molar-refractivity contribution in [3.05, 3.63) is 0 Å². The Hall–Kier alpha value is -0.370. The molecule has 0 aliphatic heterocycles. The SMILES string of the molecule is CC1C2C3CCC4C5(C)CCC(=O)C(C)(C)C5CCC4(C)C3(C)CCC2(C)CCC1(C)O. The molecule has 0 radical (unpaired) electrons. The third-order valence-corrected chi connectivity index (χ3v) is 13.9. The lowest BCUT2D eigenvalue weighted by Crippen LogP contribution is -2.68. The minimum Gasteiger partial charge on any atom is -0.390 e. The van der Waals surface area contributed by atoms with Crippen molar-refractivity contribution in [3.8, 4) is 0 Å². The van der Waals surface area contributed by atoms with Crippen molar-refractivity contribution in [1.29, 1.82) is 0 Å². The molecule has 10 unspecified atom stereocenters. The highest BCUT2D eigenvalue weighted by Gasteiger charge is 2.70. The summed E-state index contributed by atoms with van der Waals surface area (Å²) in [7, 11) is 0. The van der Waals surface area contributed by atoms with Gasteiger partial charge in [0.05, 0.1) is 5.60 Å². The summed E-state index contributed by atoms with van der Waals surface area (Å²) in [5, 5.41) is 11.3. The number of Topliss-reactive ketones (excluding diaryl/α,β-unsaturated/α-hetero) is 1. The second-order valence-electron chi connectivity index (χ2n) is 15.1. The Labute approximate surface area is 197 Å². The summed E-state index contributed by atoms with van der Waals surface area (Å²) in [4.78, 5) is 12.9. The Bertz CT molecular complexity index is 812. The fraction of sp³-hybridized carbons (Fsp3) is 0.967. The van der Waals surface area contributed by atoms with Gasteiger partial charge in [-0.2, -0.15) is 0 Å². The first-order valence-electron chi connectivity index (χ1n) is 13.9. The van der Waals surface area contributed by atoms with Crippen LogP contribution in [0, 0.1) is 56.7 Å². The topological polar surface area (TPSA) is 37.3 Å². The summed E-state index contributed by atoms with van der Waals surface area (Å²) in [6.07, 6.45) is 11.9. The van der Waals surface area contributed by atoms with E-state index >= 15 is 0 Å². The molecule has 5 aliphatic carbocycles. The van der Waals surface area contributed by atoms with Crippen LogP contribution in [-0.2, 0) is 4.79 Å². The van der Waals surface area contributed by atoms with Crippen LogP contribution in [0.1, 0.15) is 120 Å². The fourth-order valence-electron chi connectivity index (χ4n) is 11.4. The molecule has 0 aromatic heterocycles. The minimum atomic E-state index is -0.516. The van der Waals surface area contributed by atoms with E-state index in [0.29, 0.717) is 45.2 Å². The maximum Gasteiger partial charge on any atom is 0.138 e. The Kier molecular flexibility index (Phi) is 4.85. The van der Waals surface area contributed by atoms with Crippen molar-refractivity contribution in [2.45, 2.75) is 125 Å². The lowest BCUT2D eigenvalue weighted by Gasteiger charge is -2.73. The second kappa shape index (κ2) is 6.64. The van der Waals surface area contributed by atoms with Crippen LogP contribution in [-0.4, -0.2) is 16.5 Å². The number of hydrogen-bond acceptors (Lipinski definition) is 2. The van der Waals surface area contributed by atoms with Crippen molar-refractivity contribution < 1.29 is 9.90 Å². The van der Waals surface area contributed by atoms with Gasteiger partial charge in [0.25, 0.3) is 0 Å². The fourth-order valence-corrected chi connectivity index (χ4v) is 11.4. The predicted octanol–water partition coefficient (Wildman–Crippen LogP) is 7.43. The molecular formula is C30H50O2. The maximum absolute atomic E-state index is 12.9. The van der Waals surface area contributed by atoms with Crippen molar-refractivity contribution in [3.63, 3.8) is 0 Å². The van der Waals surface area contributed by atoms with Gasteiger partial charge in [-0.1, -0.05) is 48.5 Å². The van der Waals surface area contributed by atoms with Gasteiger partial charge in [-0.25, -0.2) is 0 Å². The first kappa shape index (κ1) is 23.4. The third-order valence-electron chi connectivity index (χ3n) is 13.9. The van der Waals surface area contributed by atoms with Crippen LogP contribution < -0.4 is 0 Å². The highest BCUT2D eigenvalue weighted by molar-refractivity contribution is 5.85. The lowest BCUT2D eigenvalue weighted by atomic mass is 9.31. The first-order valence-corrected chi connectivity index (χ1v) is 13.9. The van der Waals surface area contributed by atoms with Gasteiger partial charge in [-0.05, 0) is 116 Å². The van der Waals surface area contributed by atoms with Crippen molar-refractivity contribution in [2.24, 2.45) is 56.7 Å². The molecule has 5 saturated carbocycles. The molecule has 182 valence electrons. The minimum absolute atomic E-state index is 0.159. The summed E-state index contributed by atoms with van der Waals surface area (Å²) >= 11 is 0. The first-order chi connectivity index (χ1) is 14.6. The number of carbonyl (C=O) groups is 1. The summed E-state index contributed by atoms with van der Waals surface area (Å²) in [5.41, 5.74) is 0.715. The van der Waals surface area contributed by atoms with Crippen LogP contribution in [0.5, 0.6) is 0 Å². The quantitative estimate of drug-likeness (QED) is 0.423. The molecule has 10 atom stereocenters. The Balaban J connectivity index is 1.55. The normalized spacial score (nSPS) is 59.4. The van der Waals surface area contributed by atoms with Gasteiger partial charge in [-0.15, -0.1) is 0 Å². The molecular weight excluding hydrogens is 392 g/mol. The van der Waals surface area contributed by atoms with Crippen LogP contribution in [0.4, 0.5) is 0 Å². The van der Waals surface area contributed by atoms with Crippen molar-refractivity contribution in [2.75, 3.05) is 0 Å². The second-order valence-corrected chi connectivity index (χ2v) is 15.1. The van der Waals surface area contributed by atoms with Crippen molar-refractivity contribution in [1.82, 2.24) is 0 Å². The predicted molar refractivity (Wildman–Crippen MR) is 131 cm³/mol. The molecule has 32 heavy (non-hydrogen) atoms. The highest BCUT2D eigenvalue weighted by Crippen LogP contribution is 2.76. The summed E-state index contributed by atoms with van der Waals surface area (Å²) in [6, 6.07) is 0. The standard InChI is InChI=1S/C30H50O2/c1-19-24-20-9-10-22-27(5)13-12-23(31)25(2,3)21(27)11-14-29(22,7)28(20,6)17-15-26(24,4)16-18-30(19,8)32/h19-22,24,32H,9-18H2,1-8H3. The van der Waals surface area contributed by atoms with Crippen LogP contribution in [0.15, 0.2) is 0 Å². The Morgan fingerprint density at radius 1 is 0.750 bits per heavy atom.